The smallest absolute Gasteiger partial charge is 0.140 e. The molecule has 0 atom stereocenters. The number of pyridine rings is 1. The van der Waals surface area contributed by atoms with Crippen molar-refractivity contribution in [3.63, 3.8) is 0 Å². The monoisotopic (exact) mass is 475 g/mol. The molecule has 6 nitrogen and oxygen atoms in total. The van der Waals surface area contributed by atoms with Gasteiger partial charge in [0.2, 0.25) is 0 Å². The van der Waals surface area contributed by atoms with E-state index in [0.29, 0.717) is 17.3 Å². The molecule has 7 rings (SSSR count). The van der Waals surface area contributed by atoms with Gasteiger partial charge in [-0.2, -0.15) is 0 Å². The molecule has 2 aliphatic heterocycles. The molecule has 1 N–H and O–H groups in total. The van der Waals surface area contributed by atoms with Crippen LogP contribution in [0.4, 0.5) is 0 Å². The van der Waals surface area contributed by atoms with E-state index in [2.05, 4.69) is 52.6 Å². The van der Waals surface area contributed by atoms with E-state index in [1.165, 1.54) is 76.3 Å². The van der Waals surface area contributed by atoms with Crippen LogP contribution >= 0.6 is 11.3 Å². The zero-order valence-electron chi connectivity index (χ0n) is 20.3. The number of fused-ring (bicyclic) bond motifs is 2. The number of likely N-dealkylation sites (tertiary alicyclic amines) is 1. The first-order valence-corrected chi connectivity index (χ1v) is 13.6. The predicted molar refractivity (Wildman–Crippen MR) is 138 cm³/mol. The minimum Gasteiger partial charge on any atom is -0.380 e. The Morgan fingerprint density at radius 3 is 2.68 bits per heavy atom. The topological polar surface area (TPSA) is 59.0 Å². The van der Waals surface area contributed by atoms with Crippen LogP contribution in [0.15, 0.2) is 24.5 Å². The Balaban J connectivity index is 1.15. The first-order chi connectivity index (χ1) is 16.5. The first kappa shape index (κ1) is 21.1. The summed E-state index contributed by atoms with van der Waals surface area (Å²) < 4.78 is 7.58. The molecule has 7 heteroatoms. The van der Waals surface area contributed by atoms with Crippen LogP contribution in [0, 0.1) is 5.41 Å². The number of ether oxygens (including phenoxy) is 1. The number of hydrogen-bond acceptors (Lipinski definition) is 5. The van der Waals surface area contributed by atoms with E-state index in [9.17, 15) is 0 Å². The van der Waals surface area contributed by atoms with Crippen LogP contribution < -0.4 is 0 Å². The second-order valence-corrected chi connectivity index (χ2v) is 12.3. The third-order valence-corrected chi connectivity index (χ3v) is 9.58. The highest BCUT2D eigenvalue weighted by Gasteiger charge is 2.50. The van der Waals surface area contributed by atoms with Crippen LogP contribution in [-0.2, 0) is 11.8 Å². The predicted octanol–water partition coefficient (Wildman–Crippen LogP) is 5.66. The number of nitrogens with zero attached hydrogens (tertiary/aromatic N) is 4. The number of thiazole rings is 1. The Kier molecular flexibility index (Phi) is 4.74. The quantitative estimate of drug-likeness (QED) is 0.414. The highest BCUT2D eigenvalue weighted by Crippen LogP contribution is 2.46. The molecule has 34 heavy (non-hydrogen) atoms. The molecule has 1 aliphatic carbocycles. The normalized spacial score (nSPS) is 24.8. The fourth-order valence-corrected chi connectivity index (χ4v) is 7.75. The fourth-order valence-electron chi connectivity index (χ4n) is 6.60. The van der Waals surface area contributed by atoms with Gasteiger partial charge in [0.15, 0.2) is 0 Å². The van der Waals surface area contributed by atoms with E-state index in [1.54, 1.807) is 0 Å². The lowest BCUT2D eigenvalue weighted by molar-refractivity contribution is -0.200. The van der Waals surface area contributed by atoms with Gasteiger partial charge in [-0.3, -0.25) is 4.90 Å². The Labute approximate surface area is 204 Å². The Morgan fingerprint density at radius 1 is 1.18 bits per heavy atom. The molecule has 4 aromatic rings. The molecule has 4 aromatic heterocycles. The molecule has 2 saturated heterocycles. The number of rotatable bonds is 4. The SMILES string of the molecule is CC(C)c1c(-c2cn(C)c3ncccc23)[nH]c2sc(C3CCC(N4CC5(COC5)C4)CC3)nc12. The number of aromatic amines is 1. The van der Waals surface area contributed by atoms with E-state index >= 15 is 0 Å². The summed E-state index contributed by atoms with van der Waals surface area (Å²) in [4.78, 5) is 17.6. The van der Waals surface area contributed by atoms with Crippen molar-refractivity contribution in [1.29, 1.82) is 0 Å². The zero-order valence-corrected chi connectivity index (χ0v) is 21.1. The lowest BCUT2D eigenvalue weighted by Crippen LogP contribution is -2.68. The van der Waals surface area contributed by atoms with Gasteiger partial charge in [-0.05, 0) is 43.7 Å². The molecule has 0 unspecified atom stereocenters. The summed E-state index contributed by atoms with van der Waals surface area (Å²) >= 11 is 1.89. The second-order valence-electron chi connectivity index (χ2n) is 11.2. The lowest BCUT2D eigenvalue weighted by atomic mass is 9.75. The largest absolute Gasteiger partial charge is 0.380 e. The molecule has 3 fully saturated rings. The summed E-state index contributed by atoms with van der Waals surface area (Å²) in [5.74, 6) is 1.00. The summed E-state index contributed by atoms with van der Waals surface area (Å²) in [6.07, 6.45) is 9.21. The number of aryl methyl sites for hydroxylation is 1. The number of H-pyrrole nitrogens is 1. The lowest BCUT2D eigenvalue weighted by Gasteiger charge is -2.58. The minimum absolute atomic E-state index is 0.399. The summed E-state index contributed by atoms with van der Waals surface area (Å²) in [5, 5.41) is 2.53. The summed E-state index contributed by atoms with van der Waals surface area (Å²) in [7, 11) is 2.08. The maximum Gasteiger partial charge on any atom is 0.140 e. The van der Waals surface area contributed by atoms with E-state index < -0.39 is 0 Å². The molecule has 0 radical (unpaired) electrons. The van der Waals surface area contributed by atoms with Gasteiger partial charge >= 0.3 is 0 Å². The van der Waals surface area contributed by atoms with Crippen molar-refractivity contribution >= 4 is 32.7 Å². The maximum absolute atomic E-state index is 5.46. The van der Waals surface area contributed by atoms with Gasteiger partial charge in [-0.15, -0.1) is 11.3 Å². The highest BCUT2D eigenvalue weighted by molar-refractivity contribution is 7.18. The van der Waals surface area contributed by atoms with E-state index in [-0.39, 0.29) is 0 Å². The molecule has 0 amide bonds. The van der Waals surface area contributed by atoms with Gasteiger partial charge < -0.3 is 14.3 Å². The van der Waals surface area contributed by atoms with Gasteiger partial charge in [0.25, 0.3) is 0 Å². The van der Waals surface area contributed by atoms with Crippen LogP contribution in [0.5, 0.6) is 0 Å². The van der Waals surface area contributed by atoms with Crippen LogP contribution in [0.3, 0.4) is 0 Å². The highest BCUT2D eigenvalue weighted by atomic mass is 32.1. The molecule has 1 saturated carbocycles. The third-order valence-electron chi connectivity index (χ3n) is 8.44. The van der Waals surface area contributed by atoms with E-state index in [4.69, 9.17) is 9.72 Å². The van der Waals surface area contributed by atoms with Gasteiger partial charge in [0.1, 0.15) is 16.0 Å². The van der Waals surface area contributed by atoms with Crippen molar-refractivity contribution < 1.29 is 4.74 Å². The molecular weight excluding hydrogens is 442 g/mol. The van der Waals surface area contributed by atoms with Gasteiger partial charge in [0, 0.05) is 66.4 Å². The van der Waals surface area contributed by atoms with Crippen LogP contribution in [-0.4, -0.2) is 56.8 Å². The zero-order chi connectivity index (χ0) is 23.0. The van der Waals surface area contributed by atoms with Crippen LogP contribution in [0.1, 0.15) is 61.9 Å². The fraction of sp³-hybridized carbons (Fsp3) is 0.556. The summed E-state index contributed by atoms with van der Waals surface area (Å²) in [6.45, 7) is 9.05. The van der Waals surface area contributed by atoms with Crippen molar-refractivity contribution in [1.82, 2.24) is 24.4 Å². The molecule has 0 bridgehead atoms. The van der Waals surface area contributed by atoms with Gasteiger partial charge in [-0.25, -0.2) is 9.97 Å². The maximum atomic E-state index is 5.46. The molecular formula is C27H33N5OS. The third kappa shape index (κ3) is 3.13. The van der Waals surface area contributed by atoms with Crippen molar-refractivity contribution in [2.75, 3.05) is 26.3 Å². The molecule has 1 spiro atoms. The van der Waals surface area contributed by atoms with Crippen molar-refractivity contribution in [2.24, 2.45) is 12.5 Å². The van der Waals surface area contributed by atoms with Gasteiger partial charge in [0.05, 0.1) is 23.9 Å². The molecule has 6 heterocycles. The average molecular weight is 476 g/mol. The van der Waals surface area contributed by atoms with E-state index in [0.717, 1.165) is 24.9 Å². The molecule has 3 aliphatic rings. The standard InChI is InChI=1S/C27H33N5OS/c1-16(2)21-22(20-11-31(3)24-19(20)5-4-10-28-24)29-26-23(21)30-25(34-26)17-6-8-18(9-7-17)32-12-27(13-32)14-33-15-27/h4-5,10-11,16-18,29H,6-9,12-15H2,1-3H3. The van der Waals surface area contributed by atoms with Crippen molar-refractivity contribution in [3.8, 4) is 11.3 Å². The molecule has 0 aromatic carbocycles. The van der Waals surface area contributed by atoms with Crippen LogP contribution in [0.2, 0.25) is 0 Å². The minimum atomic E-state index is 0.399. The number of hydrogen-bond donors (Lipinski definition) is 1. The van der Waals surface area contributed by atoms with Gasteiger partial charge in [-0.1, -0.05) is 13.8 Å². The number of nitrogens with one attached hydrogen (secondary N) is 1. The van der Waals surface area contributed by atoms with Crippen LogP contribution in [0.25, 0.3) is 32.6 Å². The van der Waals surface area contributed by atoms with E-state index in [1.807, 2.05) is 23.6 Å². The Morgan fingerprint density at radius 2 is 1.97 bits per heavy atom. The second kappa shape index (κ2) is 7.64. The average Bonchev–Trinajstić information content (AvgIpc) is 3.43. The van der Waals surface area contributed by atoms with Crippen molar-refractivity contribution in [3.05, 3.63) is 35.1 Å². The first-order valence-electron chi connectivity index (χ1n) is 12.8. The molecule has 178 valence electrons. The van der Waals surface area contributed by atoms with Crippen molar-refractivity contribution in [2.45, 2.75) is 57.4 Å². The Hall–Kier alpha value is -2.22. The summed E-state index contributed by atoms with van der Waals surface area (Å²) in [5.41, 5.74) is 6.51. The summed E-state index contributed by atoms with van der Waals surface area (Å²) in [6, 6.07) is 4.97. The number of aromatic nitrogens is 4. The Bertz CT molecular complexity index is 1360.